The van der Waals surface area contributed by atoms with E-state index < -0.39 is 6.04 Å². The maximum atomic E-state index is 14.2. The average Bonchev–Trinajstić information content (AvgIpc) is 3.11. The molecule has 2 N–H and O–H groups in total. The van der Waals surface area contributed by atoms with Crippen LogP contribution in [0.25, 0.3) is 20.7 Å². The van der Waals surface area contributed by atoms with E-state index in [9.17, 15) is 9.50 Å². The summed E-state index contributed by atoms with van der Waals surface area (Å²) in [5.41, 5.74) is 1.51. The lowest BCUT2D eigenvalue weighted by atomic mass is 10.1. The molecule has 0 bridgehead atoms. The molecule has 0 aliphatic rings. The monoisotopic (exact) mass is 379 g/mol. The van der Waals surface area contributed by atoms with Crippen LogP contribution in [0.5, 0.6) is 0 Å². The Balaban J connectivity index is 1.77. The largest absolute Gasteiger partial charge is 0.394 e. The highest BCUT2D eigenvalue weighted by atomic mass is 32.1. The van der Waals surface area contributed by atoms with Gasteiger partial charge in [-0.25, -0.2) is 14.4 Å². The van der Waals surface area contributed by atoms with Crippen LogP contribution in [0.4, 0.5) is 10.2 Å². The number of aryl methyl sites for hydroxylation is 1. The summed E-state index contributed by atoms with van der Waals surface area (Å²) in [6.07, 6.45) is 0. The molecule has 2 aromatic heterocycles. The zero-order chi connectivity index (χ0) is 18.8. The summed E-state index contributed by atoms with van der Waals surface area (Å²) in [6.45, 7) is 1.57. The van der Waals surface area contributed by atoms with Gasteiger partial charge in [0, 0.05) is 10.4 Å². The van der Waals surface area contributed by atoms with E-state index in [0.717, 1.165) is 20.7 Å². The van der Waals surface area contributed by atoms with Crippen molar-refractivity contribution in [1.29, 1.82) is 0 Å². The minimum Gasteiger partial charge on any atom is -0.394 e. The van der Waals surface area contributed by atoms with Crippen molar-refractivity contribution in [3.05, 3.63) is 77.9 Å². The van der Waals surface area contributed by atoms with Gasteiger partial charge in [0.15, 0.2) is 0 Å². The van der Waals surface area contributed by atoms with Gasteiger partial charge >= 0.3 is 0 Å². The van der Waals surface area contributed by atoms with E-state index in [0.29, 0.717) is 17.2 Å². The first kappa shape index (κ1) is 17.6. The normalized spacial score (nSPS) is 12.3. The summed E-state index contributed by atoms with van der Waals surface area (Å²) in [6, 6.07) is 17.9. The molecule has 0 radical (unpaired) electrons. The van der Waals surface area contributed by atoms with Gasteiger partial charge in [-0.2, -0.15) is 0 Å². The van der Waals surface area contributed by atoms with Crippen molar-refractivity contribution < 1.29 is 9.50 Å². The van der Waals surface area contributed by atoms with Gasteiger partial charge in [0.05, 0.1) is 18.0 Å². The quantitative estimate of drug-likeness (QED) is 0.515. The van der Waals surface area contributed by atoms with Crippen molar-refractivity contribution in [3.8, 4) is 10.4 Å². The molecule has 0 saturated heterocycles. The molecule has 4 nitrogen and oxygen atoms in total. The number of aliphatic hydroxyl groups excluding tert-OH is 1. The van der Waals surface area contributed by atoms with E-state index in [1.807, 2.05) is 43.3 Å². The minimum absolute atomic E-state index is 0.249. The fourth-order valence-corrected chi connectivity index (χ4v) is 4.11. The van der Waals surface area contributed by atoms with Crippen LogP contribution in [0.1, 0.15) is 17.4 Å². The van der Waals surface area contributed by atoms with Crippen LogP contribution >= 0.6 is 11.3 Å². The number of hydrogen-bond acceptors (Lipinski definition) is 5. The molecule has 6 heteroatoms. The number of nitrogens with one attached hydrogen (secondary N) is 1. The lowest BCUT2D eigenvalue weighted by Gasteiger charge is -2.18. The van der Waals surface area contributed by atoms with E-state index >= 15 is 0 Å². The molecule has 1 atom stereocenters. The Kier molecular flexibility index (Phi) is 4.83. The molecule has 0 aliphatic carbocycles. The van der Waals surface area contributed by atoms with Gasteiger partial charge in [-0.1, -0.05) is 48.5 Å². The topological polar surface area (TPSA) is 58.0 Å². The van der Waals surface area contributed by atoms with E-state index in [1.54, 1.807) is 29.5 Å². The predicted octanol–water partition coefficient (Wildman–Crippen LogP) is 4.95. The van der Waals surface area contributed by atoms with Crippen LogP contribution in [0, 0.1) is 12.7 Å². The molecule has 27 heavy (non-hydrogen) atoms. The van der Waals surface area contributed by atoms with Crippen molar-refractivity contribution in [2.75, 3.05) is 11.9 Å². The third-order valence-electron chi connectivity index (χ3n) is 4.34. The summed E-state index contributed by atoms with van der Waals surface area (Å²) in [5.74, 6) is 0.858. The first-order chi connectivity index (χ1) is 13.2. The van der Waals surface area contributed by atoms with Gasteiger partial charge in [0.2, 0.25) is 0 Å². The number of hydrogen-bond donors (Lipinski definition) is 2. The number of thiophene rings is 1. The fourth-order valence-electron chi connectivity index (χ4n) is 3.03. The molecule has 0 amide bonds. The molecule has 4 rings (SSSR count). The molecule has 136 valence electrons. The van der Waals surface area contributed by atoms with Crippen LogP contribution in [0.2, 0.25) is 0 Å². The van der Waals surface area contributed by atoms with E-state index in [4.69, 9.17) is 0 Å². The van der Waals surface area contributed by atoms with E-state index in [2.05, 4.69) is 15.3 Å². The number of anilines is 1. The lowest BCUT2D eigenvalue weighted by molar-refractivity contribution is 0.273. The fraction of sp³-hybridized carbons (Fsp3) is 0.143. The van der Waals surface area contributed by atoms with Crippen molar-refractivity contribution in [2.45, 2.75) is 13.0 Å². The molecule has 0 spiro atoms. The highest BCUT2D eigenvalue weighted by Crippen LogP contribution is 2.36. The van der Waals surface area contributed by atoms with Crippen LogP contribution in [0.15, 0.2) is 60.7 Å². The number of aromatic nitrogens is 2. The molecule has 0 saturated carbocycles. The zero-order valence-corrected chi connectivity index (χ0v) is 15.5. The molecule has 1 unspecified atom stereocenters. The number of nitrogens with zero attached hydrogens (tertiary/aromatic N) is 2. The molecule has 2 heterocycles. The minimum atomic E-state index is -0.594. The summed E-state index contributed by atoms with van der Waals surface area (Å²) in [4.78, 5) is 11.0. The first-order valence-electron chi connectivity index (χ1n) is 8.61. The van der Waals surface area contributed by atoms with Gasteiger partial charge in [-0.15, -0.1) is 11.3 Å². The van der Waals surface area contributed by atoms with Crippen molar-refractivity contribution in [3.63, 3.8) is 0 Å². The van der Waals surface area contributed by atoms with Gasteiger partial charge in [-0.05, 0) is 24.6 Å². The maximum absolute atomic E-state index is 14.2. The van der Waals surface area contributed by atoms with Gasteiger partial charge < -0.3 is 10.4 Å². The summed E-state index contributed by atoms with van der Waals surface area (Å²) in [7, 11) is 0. The maximum Gasteiger partial charge on any atom is 0.139 e. The van der Waals surface area contributed by atoms with Crippen molar-refractivity contribution >= 4 is 27.4 Å². The van der Waals surface area contributed by atoms with Gasteiger partial charge in [-0.3, -0.25) is 0 Å². The van der Waals surface area contributed by atoms with Gasteiger partial charge in [0.25, 0.3) is 0 Å². The van der Waals surface area contributed by atoms with Gasteiger partial charge in [0.1, 0.15) is 22.3 Å². The van der Waals surface area contributed by atoms with E-state index in [1.165, 1.54) is 6.07 Å². The Morgan fingerprint density at radius 2 is 1.81 bits per heavy atom. The highest BCUT2D eigenvalue weighted by molar-refractivity contribution is 7.21. The number of aliphatic hydroxyl groups is 1. The lowest BCUT2D eigenvalue weighted by Crippen LogP contribution is -2.17. The number of benzene rings is 2. The molecule has 2 aromatic carbocycles. The van der Waals surface area contributed by atoms with E-state index in [-0.39, 0.29) is 12.4 Å². The first-order valence-corrected chi connectivity index (χ1v) is 9.43. The Labute approximate surface area is 160 Å². The summed E-state index contributed by atoms with van der Waals surface area (Å²) < 4.78 is 14.2. The predicted molar refractivity (Wildman–Crippen MR) is 107 cm³/mol. The van der Waals surface area contributed by atoms with Crippen LogP contribution < -0.4 is 5.32 Å². The van der Waals surface area contributed by atoms with Crippen LogP contribution in [0.3, 0.4) is 0 Å². The smallest absolute Gasteiger partial charge is 0.139 e. The summed E-state index contributed by atoms with van der Waals surface area (Å²) in [5, 5.41) is 13.9. The highest BCUT2D eigenvalue weighted by Gasteiger charge is 2.18. The SMILES string of the molecule is Cc1nc(NC(CO)c2ccccc2F)c2cc(-c3ccccc3)sc2n1. The second-order valence-electron chi connectivity index (χ2n) is 6.22. The average molecular weight is 379 g/mol. The van der Waals surface area contributed by atoms with Crippen molar-refractivity contribution in [2.24, 2.45) is 0 Å². The molecule has 0 fully saturated rings. The number of fused-ring (bicyclic) bond motifs is 1. The van der Waals surface area contributed by atoms with Crippen LogP contribution in [-0.4, -0.2) is 21.7 Å². The second-order valence-corrected chi connectivity index (χ2v) is 7.25. The summed E-state index contributed by atoms with van der Waals surface area (Å²) >= 11 is 1.58. The Bertz CT molecular complexity index is 1080. The second kappa shape index (κ2) is 7.42. The molecule has 0 aliphatic heterocycles. The Morgan fingerprint density at radius 3 is 2.56 bits per heavy atom. The number of rotatable bonds is 5. The number of halogens is 1. The molecular weight excluding hydrogens is 361 g/mol. The standard InChI is InChI=1S/C21H18FN3OS/c1-13-23-20(25-18(12-26)15-9-5-6-10-17(15)22)16-11-19(27-21(16)24-13)14-7-3-2-4-8-14/h2-11,18,26H,12H2,1H3,(H,23,24,25). The molecular formula is C21H18FN3OS. The molecule has 4 aromatic rings. The third kappa shape index (κ3) is 3.54. The Morgan fingerprint density at radius 1 is 1.07 bits per heavy atom. The zero-order valence-electron chi connectivity index (χ0n) is 14.7. The Hall–Kier alpha value is -2.83. The van der Waals surface area contributed by atoms with Crippen LogP contribution in [-0.2, 0) is 0 Å². The third-order valence-corrected chi connectivity index (χ3v) is 5.42. The van der Waals surface area contributed by atoms with Crippen molar-refractivity contribution in [1.82, 2.24) is 9.97 Å².